The molecule has 0 aromatic heterocycles. The fourth-order valence-electron chi connectivity index (χ4n) is 1.86. The number of carboxylic acids is 1. The summed E-state index contributed by atoms with van der Waals surface area (Å²) in [4.78, 5) is 32.8. The van der Waals surface area contributed by atoms with E-state index in [9.17, 15) is 9.59 Å². The van der Waals surface area contributed by atoms with E-state index in [1.807, 2.05) is 45.9 Å². The molecule has 0 amide bonds. The molecule has 0 heterocycles. The number of hydrogen-bond donors (Lipinski definition) is 1. The monoisotopic (exact) mass is 454 g/mol. The van der Waals surface area contributed by atoms with Crippen molar-refractivity contribution in [3.63, 3.8) is 0 Å². The van der Waals surface area contributed by atoms with E-state index in [1.54, 1.807) is 18.2 Å². The van der Waals surface area contributed by atoms with Crippen LogP contribution in [0.4, 0.5) is 0 Å². The van der Waals surface area contributed by atoms with Crippen LogP contribution in [0.3, 0.4) is 0 Å². The third kappa shape index (κ3) is 13.9. The molecule has 0 saturated carbocycles. The van der Waals surface area contributed by atoms with Gasteiger partial charge in [-0.2, -0.15) is 0 Å². The Hall–Kier alpha value is 0.0827. The first-order valence-corrected chi connectivity index (χ1v) is 7.86. The summed E-state index contributed by atoms with van der Waals surface area (Å²) in [6, 6.07) is 10.6. The summed E-state index contributed by atoms with van der Waals surface area (Å²) < 4.78 is 4.59. The Morgan fingerprint density at radius 1 is 0.897 bits per heavy atom. The molecule has 0 fully saturated rings. The molecule has 0 aliphatic rings. The van der Waals surface area contributed by atoms with Gasteiger partial charge in [-0.3, -0.25) is 4.79 Å². The average molecular weight is 455 g/mol. The molecule has 0 saturated heterocycles. The number of aromatic carboxylic acids is 1. The van der Waals surface area contributed by atoms with Gasteiger partial charge in [0.05, 0.1) is 18.2 Å². The molecule has 0 aliphatic carbocycles. The largest absolute Gasteiger partial charge is 1.00 e. The fourth-order valence-corrected chi connectivity index (χ4v) is 1.86. The van der Waals surface area contributed by atoms with Crippen molar-refractivity contribution >= 4 is 18.4 Å². The summed E-state index contributed by atoms with van der Waals surface area (Å²) in [5.74, 6) is -1.15. The number of benzene rings is 2. The molecule has 2 rings (SSSR count). The molecular weight excluding hydrogens is 430 g/mol. The standard InChI is InChI=1S/C10H12O2.C9H10O2.CH2O3.2K.H/c1-7-4-5-9(6-8(7)2)10(11)12-3;1-6-3-4-8(9(10)11)5-7(6)2;2-1-4-3;;;/h4-6H,1-3H3;3-5H,1-2H3,(H,10,11);1,3H;;;/q;;;2*+1;-1/p-1. The van der Waals surface area contributed by atoms with E-state index in [0.29, 0.717) is 11.1 Å². The van der Waals surface area contributed by atoms with Gasteiger partial charge in [-0.15, -0.1) is 0 Å². The molecule has 7 nitrogen and oxygen atoms in total. The zero-order valence-electron chi connectivity index (χ0n) is 18.9. The first kappa shape index (κ1) is 33.7. The van der Waals surface area contributed by atoms with Gasteiger partial charge in [0.25, 0.3) is 6.47 Å². The van der Waals surface area contributed by atoms with Crippen LogP contribution < -0.4 is 108 Å². The van der Waals surface area contributed by atoms with Crippen LogP contribution in [-0.2, 0) is 14.4 Å². The Bertz CT molecular complexity index is 799. The minimum Gasteiger partial charge on any atom is -1.00 e. The number of carbonyl (C=O) groups excluding carboxylic acids is 2. The van der Waals surface area contributed by atoms with Crippen molar-refractivity contribution in [2.24, 2.45) is 0 Å². The summed E-state index contributed by atoms with van der Waals surface area (Å²) in [6.45, 7) is 7.67. The summed E-state index contributed by atoms with van der Waals surface area (Å²) in [6.07, 6.45) is 0. The maximum atomic E-state index is 11.1. The van der Waals surface area contributed by atoms with E-state index >= 15 is 0 Å². The number of esters is 1. The van der Waals surface area contributed by atoms with E-state index in [4.69, 9.17) is 15.2 Å². The number of rotatable bonds is 3. The van der Waals surface area contributed by atoms with Crippen molar-refractivity contribution in [2.45, 2.75) is 27.7 Å². The molecule has 148 valence electrons. The van der Waals surface area contributed by atoms with Crippen LogP contribution in [0.2, 0.25) is 0 Å². The summed E-state index contributed by atoms with van der Waals surface area (Å²) in [5, 5.41) is 17.0. The van der Waals surface area contributed by atoms with Crippen molar-refractivity contribution < 1.29 is 139 Å². The van der Waals surface area contributed by atoms with Gasteiger partial charge in [0.1, 0.15) is 0 Å². The van der Waals surface area contributed by atoms with E-state index in [-0.39, 0.29) is 117 Å². The molecule has 0 spiro atoms. The van der Waals surface area contributed by atoms with Gasteiger partial charge in [-0.1, -0.05) is 12.1 Å². The van der Waals surface area contributed by atoms with E-state index in [1.165, 1.54) is 12.7 Å². The molecular formula is C20H24K2O7. The van der Waals surface area contributed by atoms with Gasteiger partial charge in [-0.05, 0) is 74.2 Å². The predicted octanol–water partition coefficient (Wildman–Crippen LogP) is -3.35. The van der Waals surface area contributed by atoms with Gasteiger partial charge in [0.2, 0.25) is 0 Å². The van der Waals surface area contributed by atoms with Crippen LogP contribution in [0, 0.1) is 27.7 Å². The Morgan fingerprint density at radius 2 is 1.28 bits per heavy atom. The van der Waals surface area contributed by atoms with Gasteiger partial charge < -0.3 is 21.4 Å². The minimum atomic E-state index is -0.867. The number of carboxylic acid groups (broad SMARTS) is 1. The number of methoxy groups -OCH3 is 1. The maximum Gasteiger partial charge on any atom is 1.00 e. The third-order valence-electron chi connectivity index (χ3n) is 3.72. The zero-order valence-corrected chi connectivity index (χ0v) is 24.2. The van der Waals surface area contributed by atoms with Crippen LogP contribution >= 0.6 is 0 Å². The first-order valence-electron chi connectivity index (χ1n) is 7.86. The number of carbonyl (C=O) groups is 3. The van der Waals surface area contributed by atoms with Gasteiger partial charge in [0, 0.05) is 0 Å². The molecule has 9 heteroatoms. The molecule has 0 unspecified atom stereocenters. The quantitative estimate of drug-likeness (QED) is 0.170. The summed E-state index contributed by atoms with van der Waals surface area (Å²) in [7, 11) is 1.39. The van der Waals surface area contributed by atoms with E-state index in [2.05, 4.69) is 9.62 Å². The molecule has 2 aromatic carbocycles. The fraction of sp³-hybridized carbons (Fsp3) is 0.250. The van der Waals surface area contributed by atoms with Crippen molar-refractivity contribution in [3.05, 3.63) is 69.8 Å². The second kappa shape index (κ2) is 18.8. The molecule has 2 aromatic rings. The summed E-state index contributed by atoms with van der Waals surface area (Å²) in [5.41, 5.74) is 5.40. The normalized spacial score (nSPS) is 8.34. The van der Waals surface area contributed by atoms with Gasteiger partial charge >= 0.3 is 115 Å². The van der Waals surface area contributed by atoms with Crippen molar-refractivity contribution in [1.82, 2.24) is 0 Å². The second-order valence-electron chi connectivity index (χ2n) is 5.59. The minimum absolute atomic E-state index is 0. The van der Waals surface area contributed by atoms with Crippen molar-refractivity contribution in [2.75, 3.05) is 7.11 Å². The van der Waals surface area contributed by atoms with Crippen LogP contribution in [0.5, 0.6) is 0 Å². The zero-order chi connectivity index (χ0) is 21.0. The average Bonchev–Trinajstić information content (AvgIpc) is 2.66. The number of hydrogen-bond acceptors (Lipinski definition) is 6. The molecule has 0 radical (unpaired) electrons. The smallest absolute Gasteiger partial charge is 1.00 e. The van der Waals surface area contributed by atoms with Crippen LogP contribution in [0.1, 0.15) is 44.4 Å². The Kier molecular flexibility index (Phi) is 21.9. The van der Waals surface area contributed by atoms with Crippen LogP contribution in [0.15, 0.2) is 36.4 Å². The van der Waals surface area contributed by atoms with Crippen molar-refractivity contribution in [3.8, 4) is 0 Å². The van der Waals surface area contributed by atoms with E-state index < -0.39 is 5.97 Å². The summed E-state index contributed by atoms with van der Waals surface area (Å²) >= 11 is 0. The van der Waals surface area contributed by atoms with Crippen LogP contribution in [0.25, 0.3) is 0 Å². The third-order valence-corrected chi connectivity index (χ3v) is 3.72. The molecule has 0 atom stereocenters. The molecule has 29 heavy (non-hydrogen) atoms. The number of ether oxygens (including phenoxy) is 1. The van der Waals surface area contributed by atoms with Gasteiger partial charge in [0.15, 0.2) is 0 Å². The van der Waals surface area contributed by atoms with Crippen LogP contribution in [-0.4, -0.2) is 30.6 Å². The molecule has 0 aliphatic heterocycles. The van der Waals surface area contributed by atoms with Crippen molar-refractivity contribution in [1.29, 1.82) is 0 Å². The molecule has 1 N–H and O–H groups in total. The SMILES string of the molecule is COC(=O)c1ccc(C)c(C)c1.Cc1ccc(C(=O)O)cc1C.O=CO[O-].[H-].[K+].[K+]. The van der Waals surface area contributed by atoms with E-state index in [0.717, 1.165) is 16.7 Å². The number of aryl methyl sites for hydroxylation is 4. The second-order valence-corrected chi connectivity index (χ2v) is 5.59. The van der Waals surface area contributed by atoms with Gasteiger partial charge in [-0.25, -0.2) is 9.59 Å². The predicted molar refractivity (Wildman–Crippen MR) is 98.4 cm³/mol. The Labute approximate surface area is 257 Å². The maximum absolute atomic E-state index is 11.1. The first-order chi connectivity index (χ1) is 12.7. The topological polar surface area (TPSA) is 113 Å². The Morgan fingerprint density at radius 3 is 1.59 bits per heavy atom. The Balaban J connectivity index is -0.000000177. The molecule has 0 bridgehead atoms.